The Hall–Kier alpha value is -3.35. The van der Waals surface area contributed by atoms with Crippen molar-refractivity contribution < 1.29 is 19.2 Å². The zero-order valence-corrected chi connectivity index (χ0v) is 16.9. The number of amides is 1. The first kappa shape index (κ1) is 21.9. The van der Waals surface area contributed by atoms with Crippen LogP contribution in [0.5, 0.6) is 11.5 Å². The van der Waals surface area contributed by atoms with Crippen molar-refractivity contribution in [2.24, 2.45) is 5.92 Å². The summed E-state index contributed by atoms with van der Waals surface area (Å²) in [6.07, 6.45) is 3.66. The molecule has 0 atom stereocenters. The normalized spacial score (nSPS) is 10.9. The van der Waals surface area contributed by atoms with Crippen molar-refractivity contribution in [2.75, 3.05) is 13.7 Å². The van der Waals surface area contributed by atoms with Gasteiger partial charge in [-0.2, -0.15) is 0 Å². The van der Waals surface area contributed by atoms with E-state index in [4.69, 9.17) is 9.47 Å². The number of nitro benzene ring substituents is 1. The summed E-state index contributed by atoms with van der Waals surface area (Å²) >= 11 is 0. The molecule has 0 unspecified atom stereocenters. The van der Waals surface area contributed by atoms with E-state index in [0.29, 0.717) is 36.1 Å². The molecule has 0 aromatic heterocycles. The number of hydrogen-bond donors (Lipinski definition) is 1. The molecule has 7 nitrogen and oxygen atoms in total. The number of hydrogen-bond acceptors (Lipinski definition) is 5. The highest BCUT2D eigenvalue weighted by molar-refractivity contribution is 5.92. The Morgan fingerprint density at radius 2 is 1.97 bits per heavy atom. The van der Waals surface area contributed by atoms with Gasteiger partial charge in [-0.3, -0.25) is 14.9 Å². The first-order chi connectivity index (χ1) is 13.9. The predicted molar refractivity (Wildman–Crippen MR) is 112 cm³/mol. The van der Waals surface area contributed by atoms with E-state index in [1.807, 2.05) is 18.2 Å². The van der Waals surface area contributed by atoms with Crippen molar-refractivity contribution in [3.8, 4) is 11.5 Å². The largest absolute Gasteiger partial charge is 0.493 e. The maximum Gasteiger partial charge on any atom is 0.276 e. The maximum absolute atomic E-state index is 12.1. The number of nitrogens with zero attached hydrogens (tertiary/aromatic N) is 1. The molecule has 0 saturated heterocycles. The minimum Gasteiger partial charge on any atom is -0.493 e. The highest BCUT2D eigenvalue weighted by Gasteiger charge is 2.10. The number of nitrogens with one attached hydrogen (secondary N) is 1. The lowest BCUT2D eigenvalue weighted by atomic mass is 10.1. The summed E-state index contributed by atoms with van der Waals surface area (Å²) in [7, 11) is 1.57. The molecule has 0 saturated carbocycles. The van der Waals surface area contributed by atoms with Crippen molar-refractivity contribution in [1.82, 2.24) is 5.32 Å². The van der Waals surface area contributed by atoms with Gasteiger partial charge in [0.2, 0.25) is 5.91 Å². The molecule has 0 heterocycles. The van der Waals surface area contributed by atoms with Crippen LogP contribution in [0, 0.1) is 16.0 Å². The van der Waals surface area contributed by atoms with Crippen LogP contribution in [0.2, 0.25) is 0 Å². The van der Waals surface area contributed by atoms with Crippen LogP contribution in [-0.4, -0.2) is 24.5 Å². The van der Waals surface area contributed by atoms with Gasteiger partial charge < -0.3 is 14.8 Å². The van der Waals surface area contributed by atoms with Crippen LogP contribution in [0.4, 0.5) is 5.69 Å². The van der Waals surface area contributed by atoms with E-state index in [0.717, 1.165) is 12.0 Å². The second-order valence-electron chi connectivity index (χ2n) is 6.88. The first-order valence-corrected chi connectivity index (χ1v) is 9.39. The number of nitro groups is 1. The molecule has 2 aromatic rings. The molecule has 0 radical (unpaired) electrons. The topological polar surface area (TPSA) is 90.7 Å². The molecular formula is C22H26N2O5. The highest BCUT2D eigenvalue weighted by Crippen LogP contribution is 2.28. The number of carbonyl (C=O) groups is 1. The van der Waals surface area contributed by atoms with Gasteiger partial charge in [-0.1, -0.05) is 32.0 Å². The monoisotopic (exact) mass is 398 g/mol. The Balaban J connectivity index is 1.95. The molecule has 0 bridgehead atoms. The molecule has 1 N–H and O–H groups in total. The molecule has 1 amide bonds. The fourth-order valence-electron chi connectivity index (χ4n) is 2.55. The van der Waals surface area contributed by atoms with E-state index in [2.05, 4.69) is 19.2 Å². The number of para-hydroxylation sites is 1. The third-order valence-corrected chi connectivity index (χ3v) is 4.20. The van der Waals surface area contributed by atoms with E-state index in [-0.39, 0.29) is 11.6 Å². The van der Waals surface area contributed by atoms with Gasteiger partial charge in [0.25, 0.3) is 5.69 Å². The van der Waals surface area contributed by atoms with Gasteiger partial charge in [0.1, 0.15) is 0 Å². The lowest BCUT2D eigenvalue weighted by Gasteiger charge is -2.13. The number of methoxy groups -OCH3 is 1. The standard InChI is InChI=1S/C22H26N2O5/c1-16(2)12-13-29-20-10-8-17(14-21(20)28-3)15-23-22(25)11-9-18-6-4-5-7-19(18)24(26)27/h4-11,14,16H,12-13,15H2,1-3H3,(H,23,25)/b11-9+. The molecule has 0 aliphatic rings. The SMILES string of the molecule is COc1cc(CNC(=O)/C=C/c2ccccc2[N+](=O)[O-])ccc1OCCC(C)C. The molecule has 154 valence electrons. The van der Waals surface area contributed by atoms with Crippen molar-refractivity contribution in [1.29, 1.82) is 0 Å². The number of carbonyl (C=O) groups excluding carboxylic acids is 1. The lowest BCUT2D eigenvalue weighted by molar-refractivity contribution is -0.385. The summed E-state index contributed by atoms with van der Waals surface area (Å²) in [6, 6.07) is 11.8. The fraction of sp³-hybridized carbons (Fsp3) is 0.318. The van der Waals surface area contributed by atoms with Crippen LogP contribution in [0.3, 0.4) is 0 Å². The summed E-state index contributed by atoms with van der Waals surface area (Å²) < 4.78 is 11.1. The zero-order valence-electron chi connectivity index (χ0n) is 16.9. The highest BCUT2D eigenvalue weighted by atomic mass is 16.6. The molecule has 29 heavy (non-hydrogen) atoms. The molecule has 2 aromatic carbocycles. The summed E-state index contributed by atoms with van der Waals surface area (Å²) in [5.41, 5.74) is 1.18. The smallest absolute Gasteiger partial charge is 0.276 e. The third-order valence-electron chi connectivity index (χ3n) is 4.20. The second kappa shape index (κ2) is 10.8. The Kier molecular flexibility index (Phi) is 8.21. The molecule has 0 fully saturated rings. The van der Waals surface area contributed by atoms with Gasteiger partial charge >= 0.3 is 0 Å². The van der Waals surface area contributed by atoms with Crippen LogP contribution in [0.25, 0.3) is 6.08 Å². The zero-order chi connectivity index (χ0) is 21.2. The summed E-state index contributed by atoms with van der Waals surface area (Å²) in [5.74, 6) is 1.48. The third kappa shape index (κ3) is 6.95. The van der Waals surface area contributed by atoms with Crippen LogP contribution in [0.1, 0.15) is 31.4 Å². The van der Waals surface area contributed by atoms with Crippen molar-refractivity contribution in [3.63, 3.8) is 0 Å². The van der Waals surface area contributed by atoms with Crippen molar-refractivity contribution >= 4 is 17.7 Å². The van der Waals surface area contributed by atoms with Gasteiger partial charge in [0.15, 0.2) is 11.5 Å². The lowest BCUT2D eigenvalue weighted by Crippen LogP contribution is -2.20. The van der Waals surface area contributed by atoms with Crippen LogP contribution >= 0.6 is 0 Å². The van der Waals surface area contributed by atoms with Gasteiger partial charge in [-0.25, -0.2) is 0 Å². The first-order valence-electron chi connectivity index (χ1n) is 9.39. The Bertz CT molecular complexity index is 877. The summed E-state index contributed by atoms with van der Waals surface area (Å²) in [6.45, 7) is 5.18. The van der Waals surface area contributed by atoms with E-state index >= 15 is 0 Å². The van der Waals surface area contributed by atoms with Crippen LogP contribution < -0.4 is 14.8 Å². The summed E-state index contributed by atoms with van der Waals surface area (Å²) in [4.78, 5) is 22.6. The van der Waals surface area contributed by atoms with Crippen molar-refractivity contribution in [2.45, 2.75) is 26.8 Å². The molecule has 0 aliphatic heterocycles. The summed E-state index contributed by atoms with van der Waals surface area (Å²) in [5, 5.41) is 13.8. The fourth-order valence-corrected chi connectivity index (χ4v) is 2.55. The van der Waals surface area contributed by atoms with Crippen molar-refractivity contribution in [3.05, 3.63) is 69.8 Å². The predicted octanol–water partition coefficient (Wildman–Crippen LogP) is 4.36. The Labute approximate surface area is 170 Å². The maximum atomic E-state index is 12.1. The quantitative estimate of drug-likeness (QED) is 0.365. The molecular weight excluding hydrogens is 372 g/mol. The van der Waals surface area contributed by atoms with Gasteiger partial charge in [-0.05, 0) is 42.2 Å². The minimum atomic E-state index is -0.478. The second-order valence-corrected chi connectivity index (χ2v) is 6.88. The van der Waals surface area contributed by atoms with Gasteiger partial charge in [0.05, 0.1) is 24.2 Å². The van der Waals surface area contributed by atoms with E-state index < -0.39 is 4.92 Å². The Morgan fingerprint density at radius 3 is 2.66 bits per heavy atom. The molecule has 2 rings (SSSR count). The number of benzene rings is 2. The van der Waals surface area contributed by atoms with Gasteiger partial charge in [-0.15, -0.1) is 0 Å². The van der Waals surface area contributed by atoms with Crippen LogP contribution in [-0.2, 0) is 11.3 Å². The van der Waals surface area contributed by atoms with Crippen LogP contribution in [0.15, 0.2) is 48.5 Å². The molecule has 0 spiro atoms. The average molecular weight is 398 g/mol. The van der Waals surface area contributed by atoms with E-state index in [9.17, 15) is 14.9 Å². The Morgan fingerprint density at radius 1 is 1.21 bits per heavy atom. The van der Waals surface area contributed by atoms with E-state index in [1.54, 1.807) is 25.3 Å². The number of ether oxygens (including phenoxy) is 2. The molecule has 7 heteroatoms. The number of rotatable bonds is 10. The minimum absolute atomic E-state index is 0.0469. The van der Waals surface area contributed by atoms with Gasteiger partial charge in [0, 0.05) is 18.7 Å². The average Bonchev–Trinajstić information content (AvgIpc) is 2.71. The molecule has 0 aliphatic carbocycles. The van der Waals surface area contributed by atoms with E-state index in [1.165, 1.54) is 18.2 Å².